The molecule has 0 amide bonds. The van der Waals surface area contributed by atoms with Gasteiger partial charge in [0.25, 0.3) is 0 Å². The lowest BCUT2D eigenvalue weighted by Gasteiger charge is -2.34. The highest BCUT2D eigenvalue weighted by Gasteiger charge is 2.34. The van der Waals surface area contributed by atoms with Gasteiger partial charge in [0, 0.05) is 12.6 Å². The molecule has 0 saturated carbocycles. The molecule has 6 heteroatoms. The van der Waals surface area contributed by atoms with E-state index in [0.29, 0.717) is 17.8 Å². The summed E-state index contributed by atoms with van der Waals surface area (Å²) in [5, 5.41) is 0. The van der Waals surface area contributed by atoms with E-state index in [-0.39, 0.29) is 6.10 Å². The fourth-order valence-electron chi connectivity index (χ4n) is 3.17. The van der Waals surface area contributed by atoms with Crippen LogP contribution >= 0.6 is 22.6 Å². The van der Waals surface area contributed by atoms with Gasteiger partial charge in [-0.05, 0) is 54.3 Å². The molecular weight excluding hydrogens is 379 g/mol. The topological polar surface area (TPSA) is 64.3 Å². The first-order valence-electron chi connectivity index (χ1n) is 7.72. The number of halogens is 1. The maximum Gasteiger partial charge on any atom is 0.161 e. The van der Waals surface area contributed by atoms with Gasteiger partial charge in [-0.2, -0.15) is 0 Å². The first-order valence-corrected chi connectivity index (χ1v) is 8.80. The van der Waals surface area contributed by atoms with Gasteiger partial charge in [-0.15, -0.1) is 0 Å². The second kappa shape index (κ2) is 6.34. The summed E-state index contributed by atoms with van der Waals surface area (Å²) in [5.41, 5.74) is 7.14. The van der Waals surface area contributed by atoms with Gasteiger partial charge in [0.05, 0.1) is 15.9 Å². The lowest BCUT2D eigenvalue weighted by atomic mass is 10.1. The molecule has 0 aromatic carbocycles. The zero-order chi connectivity index (χ0) is 15.0. The van der Waals surface area contributed by atoms with Crippen LogP contribution in [-0.4, -0.2) is 40.6 Å². The molecule has 0 spiro atoms. The van der Waals surface area contributed by atoms with Crippen LogP contribution in [0, 0.1) is 9.49 Å². The molecule has 0 radical (unpaired) electrons. The van der Waals surface area contributed by atoms with E-state index in [1.54, 1.807) is 0 Å². The molecule has 2 aliphatic heterocycles. The Balaban J connectivity index is 1.83. The van der Waals surface area contributed by atoms with Crippen molar-refractivity contribution in [3.63, 3.8) is 0 Å². The van der Waals surface area contributed by atoms with Crippen LogP contribution in [0.2, 0.25) is 0 Å². The van der Waals surface area contributed by atoms with Crippen molar-refractivity contribution in [2.75, 3.05) is 25.4 Å². The molecule has 2 unspecified atom stereocenters. The molecule has 3 rings (SSSR count). The number of morpholine rings is 1. The molecule has 0 aliphatic carbocycles. The predicted octanol–water partition coefficient (Wildman–Crippen LogP) is 2.40. The van der Waals surface area contributed by atoms with E-state index < -0.39 is 0 Å². The number of anilines is 1. The fourth-order valence-corrected chi connectivity index (χ4v) is 3.63. The Morgan fingerprint density at radius 2 is 2.24 bits per heavy atom. The first-order chi connectivity index (χ1) is 10.0. The molecule has 2 N–H and O–H groups in total. The molecule has 2 atom stereocenters. The Kier molecular flexibility index (Phi) is 4.66. The monoisotopic (exact) mass is 402 g/mol. The van der Waals surface area contributed by atoms with Crippen molar-refractivity contribution in [1.29, 1.82) is 0 Å². The van der Waals surface area contributed by atoms with Crippen molar-refractivity contribution in [2.24, 2.45) is 5.92 Å². The largest absolute Gasteiger partial charge is 0.383 e. The number of hydrogen-bond acceptors (Lipinski definition) is 5. The Bertz CT molecular complexity index is 523. The number of hydrogen-bond donors (Lipinski definition) is 1. The Morgan fingerprint density at radius 3 is 3.00 bits per heavy atom. The van der Waals surface area contributed by atoms with E-state index in [1.807, 2.05) is 0 Å². The van der Waals surface area contributed by atoms with Crippen LogP contribution in [0.5, 0.6) is 0 Å². The van der Waals surface area contributed by atoms with Gasteiger partial charge in [-0.3, -0.25) is 4.90 Å². The Labute approximate surface area is 139 Å². The van der Waals surface area contributed by atoms with Gasteiger partial charge in [-0.25, -0.2) is 9.97 Å². The van der Waals surface area contributed by atoms with Crippen LogP contribution in [0.3, 0.4) is 0 Å². The maximum atomic E-state index is 6.08. The maximum absolute atomic E-state index is 6.08. The summed E-state index contributed by atoms with van der Waals surface area (Å²) in [6.07, 6.45) is 3.41. The van der Waals surface area contributed by atoms with E-state index >= 15 is 0 Å². The van der Waals surface area contributed by atoms with Crippen molar-refractivity contribution >= 4 is 28.4 Å². The molecule has 2 saturated heterocycles. The van der Waals surface area contributed by atoms with Crippen LogP contribution < -0.4 is 5.73 Å². The highest BCUT2D eigenvalue weighted by Crippen LogP contribution is 2.30. The summed E-state index contributed by atoms with van der Waals surface area (Å²) in [6, 6.07) is 0.595. The van der Waals surface area contributed by atoms with E-state index in [0.717, 1.165) is 34.7 Å². The van der Waals surface area contributed by atoms with Crippen molar-refractivity contribution in [2.45, 2.75) is 45.3 Å². The zero-order valence-corrected chi connectivity index (χ0v) is 14.8. The lowest BCUT2D eigenvalue weighted by molar-refractivity contribution is -0.0541. The molecular formula is C15H23IN4O. The molecule has 3 heterocycles. The smallest absolute Gasteiger partial charge is 0.161 e. The number of ether oxygens (including phenoxy) is 1. The standard InChI is InChI=1S/C15H23IN4O/c1-9(2)6-11-13(16)14(17)19-15(18-11)12-7-20-5-3-4-10(20)8-21-12/h9-10,12H,3-8H2,1-2H3,(H2,17,18,19). The molecule has 0 bridgehead atoms. The van der Waals surface area contributed by atoms with E-state index in [2.05, 4.69) is 46.3 Å². The van der Waals surface area contributed by atoms with Gasteiger partial charge < -0.3 is 10.5 Å². The summed E-state index contributed by atoms with van der Waals surface area (Å²) in [5.74, 6) is 1.90. The summed E-state index contributed by atoms with van der Waals surface area (Å²) in [4.78, 5) is 11.8. The van der Waals surface area contributed by atoms with Crippen LogP contribution in [0.4, 0.5) is 5.82 Å². The van der Waals surface area contributed by atoms with E-state index in [4.69, 9.17) is 15.5 Å². The highest BCUT2D eigenvalue weighted by molar-refractivity contribution is 14.1. The zero-order valence-electron chi connectivity index (χ0n) is 12.7. The number of nitrogens with two attached hydrogens (primary N) is 1. The first kappa shape index (κ1) is 15.4. The minimum Gasteiger partial charge on any atom is -0.383 e. The van der Waals surface area contributed by atoms with Crippen LogP contribution in [0.25, 0.3) is 0 Å². The van der Waals surface area contributed by atoms with Gasteiger partial charge in [0.2, 0.25) is 0 Å². The van der Waals surface area contributed by atoms with Crippen LogP contribution in [-0.2, 0) is 11.2 Å². The van der Waals surface area contributed by atoms with Crippen molar-refractivity contribution in [3.8, 4) is 0 Å². The summed E-state index contributed by atoms with van der Waals surface area (Å²) in [6.45, 7) is 7.24. The average Bonchev–Trinajstić information content (AvgIpc) is 2.90. The average molecular weight is 402 g/mol. The highest BCUT2D eigenvalue weighted by atomic mass is 127. The number of aromatic nitrogens is 2. The predicted molar refractivity (Wildman–Crippen MR) is 91.0 cm³/mol. The number of nitrogen functional groups attached to an aromatic ring is 1. The third-order valence-electron chi connectivity index (χ3n) is 4.24. The third-order valence-corrected chi connectivity index (χ3v) is 5.42. The third kappa shape index (κ3) is 3.32. The molecule has 2 aliphatic rings. The van der Waals surface area contributed by atoms with Crippen LogP contribution in [0.1, 0.15) is 44.3 Å². The van der Waals surface area contributed by atoms with Gasteiger partial charge in [0.1, 0.15) is 11.9 Å². The Morgan fingerprint density at radius 1 is 1.43 bits per heavy atom. The second-order valence-corrected chi connectivity index (χ2v) is 7.52. The molecule has 21 heavy (non-hydrogen) atoms. The lowest BCUT2D eigenvalue weighted by Crippen LogP contribution is -2.43. The molecule has 1 aromatic rings. The van der Waals surface area contributed by atoms with E-state index in [9.17, 15) is 0 Å². The SMILES string of the molecule is CC(C)Cc1nc(C2CN3CCCC3CO2)nc(N)c1I. The minimum absolute atomic E-state index is 0.0374. The number of rotatable bonds is 3. The van der Waals surface area contributed by atoms with E-state index in [1.165, 1.54) is 19.4 Å². The van der Waals surface area contributed by atoms with Crippen molar-refractivity contribution in [1.82, 2.24) is 14.9 Å². The summed E-state index contributed by atoms with van der Waals surface area (Å²) < 4.78 is 6.99. The fraction of sp³-hybridized carbons (Fsp3) is 0.733. The summed E-state index contributed by atoms with van der Waals surface area (Å²) >= 11 is 2.25. The van der Waals surface area contributed by atoms with Gasteiger partial charge in [0.15, 0.2) is 5.82 Å². The molecule has 2 fully saturated rings. The Hall–Kier alpha value is -0.470. The van der Waals surface area contributed by atoms with Crippen molar-refractivity contribution < 1.29 is 4.74 Å². The minimum atomic E-state index is -0.0374. The van der Waals surface area contributed by atoms with Crippen LogP contribution in [0.15, 0.2) is 0 Å². The molecule has 1 aromatic heterocycles. The molecule has 5 nitrogen and oxygen atoms in total. The molecule has 116 valence electrons. The van der Waals surface area contributed by atoms with Gasteiger partial charge in [-0.1, -0.05) is 13.8 Å². The number of fused-ring (bicyclic) bond motifs is 1. The van der Waals surface area contributed by atoms with Crippen molar-refractivity contribution in [3.05, 3.63) is 15.1 Å². The number of nitrogens with zero attached hydrogens (tertiary/aromatic N) is 3. The second-order valence-electron chi connectivity index (χ2n) is 6.44. The summed E-state index contributed by atoms with van der Waals surface area (Å²) in [7, 11) is 0. The van der Waals surface area contributed by atoms with Gasteiger partial charge >= 0.3 is 0 Å². The quantitative estimate of drug-likeness (QED) is 0.787. The normalized spacial score (nSPS) is 26.3.